The van der Waals surface area contributed by atoms with Gasteiger partial charge in [0.1, 0.15) is 0 Å². The maximum atomic E-state index is 5.81. The molecule has 1 aliphatic heterocycles. The first kappa shape index (κ1) is 13.6. The Morgan fingerprint density at radius 2 is 2.25 bits per heavy atom. The second-order valence-electron chi connectivity index (χ2n) is 4.53. The van der Waals surface area contributed by atoms with Crippen LogP contribution in [0.4, 0.5) is 0 Å². The third kappa shape index (κ3) is 2.71. The molecule has 0 radical (unpaired) electrons. The molecule has 3 N–H and O–H groups in total. The Labute approximate surface area is 121 Å². The van der Waals surface area contributed by atoms with E-state index in [1.165, 1.54) is 0 Å². The van der Waals surface area contributed by atoms with Crippen molar-refractivity contribution in [3.05, 3.63) is 42.2 Å². The largest absolute Gasteiger partial charge is 0.374 e. The molecule has 0 spiro atoms. The summed E-state index contributed by atoms with van der Waals surface area (Å²) in [5, 5.41) is 8.18. The van der Waals surface area contributed by atoms with Crippen LogP contribution < -0.4 is 11.3 Å². The Bertz CT molecular complexity index is 541. The number of ether oxygens (including phenoxy) is 1. The number of nitrogens with zero attached hydrogens (tertiary/aromatic N) is 3. The number of benzene rings is 1. The average molecular weight is 291 g/mol. The number of aromatic nitrogens is 3. The normalized spacial score (nSPS) is 20.8. The van der Waals surface area contributed by atoms with Gasteiger partial charge in [-0.15, -0.1) is 5.10 Å². The van der Waals surface area contributed by atoms with Crippen molar-refractivity contribution in [3.8, 4) is 5.69 Å². The second-order valence-corrected chi connectivity index (χ2v) is 5.68. The molecule has 0 saturated carbocycles. The molecule has 20 heavy (non-hydrogen) atoms. The molecule has 0 aliphatic carbocycles. The lowest BCUT2D eigenvalue weighted by atomic mass is 10.1. The Morgan fingerprint density at radius 1 is 1.40 bits per heavy atom. The summed E-state index contributed by atoms with van der Waals surface area (Å²) in [4.78, 5) is 0. The Hall–Kier alpha value is -1.41. The molecule has 1 saturated heterocycles. The molecular formula is C13H17N5OS. The minimum Gasteiger partial charge on any atom is -0.374 e. The third-order valence-electron chi connectivity index (χ3n) is 3.29. The zero-order valence-corrected chi connectivity index (χ0v) is 11.8. The summed E-state index contributed by atoms with van der Waals surface area (Å²) >= 11 is 1.88. The molecule has 0 bridgehead atoms. The van der Waals surface area contributed by atoms with Crippen LogP contribution in [0.1, 0.15) is 11.7 Å². The summed E-state index contributed by atoms with van der Waals surface area (Å²) in [5.41, 5.74) is 4.72. The van der Waals surface area contributed by atoms with Crippen LogP contribution in [-0.4, -0.2) is 39.2 Å². The second kappa shape index (κ2) is 6.36. The SMILES string of the molecule is NNC(c1cnnn1-c1ccccc1)C1CSCCO1. The molecular weight excluding hydrogens is 274 g/mol. The Balaban J connectivity index is 1.91. The van der Waals surface area contributed by atoms with Gasteiger partial charge in [-0.2, -0.15) is 11.8 Å². The molecule has 2 heterocycles. The minimum atomic E-state index is -0.127. The van der Waals surface area contributed by atoms with E-state index >= 15 is 0 Å². The molecule has 3 rings (SSSR count). The fourth-order valence-corrected chi connectivity index (χ4v) is 3.21. The standard InChI is InChI=1S/C13H17N5OS/c14-16-13(12-9-20-7-6-19-12)11-8-15-17-18(11)10-4-2-1-3-5-10/h1-5,8,12-13,16H,6-7,9,14H2. The van der Waals surface area contributed by atoms with Crippen molar-refractivity contribution < 1.29 is 4.74 Å². The Kier molecular flexibility index (Phi) is 4.31. The number of para-hydroxylation sites is 1. The summed E-state index contributed by atoms with van der Waals surface area (Å²) in [6, 6.07) is 9.76. The first-order chi connectivity index (χ1) is 9.90. The lowest BCUT2D eigenvalue weighted by molar-refractivity contribution is 0.0450. The van der Waals surface area contributed by atoms with E-state index in [2.05, 4.69) is 15.7 Å². The van der Waals surface area contributed by atoms with Gasteiger partial charge in [0.05, 0.1) is 36.3 Å². The first-order valence-corrected chi connectivity index (χ1v) is 7.67. The molecule has 0 amide bonds. The lowest BCUT2D eigenvalue weighted by Crippen LogP contribution is -2.42. The van der Waals surface area contributed by atoms with E-state index in [0.29, 0.717) is 0 Å². The molecule has 2 unspecified atom stereocenters. The van der Waals surface area contributed by atoms with Gasteiger partial charge in [0.25, 0.3) is 0 Å². The quantitative estimate of drug-likeness (QED) is 0.644. The molecule has 1 aromatic carbocycles. The fraction of sp³-hybridized carbons (Fsp3) is 0.385. The summed E-state index contributed by atoms with van der Waals surface area (Å²) in [6.45, 7) is 0.750. The predicted octanol–water partition coefficient (Wildman–Crippen LogP) is 0.904. The van der Waals surface area contributed by atoms with Gasteiger partial charge in [0, 0.05) is 11.5 Å². The maximum absolute atomic E-state index is 5.81. The van der Waals surface area contributed by atoms with Gasteiger partial charge < -0.3 is 4.74 Å². The molecule has 2 aromatic rings. The highest BCUT2D eigenvalue weighted by Gasteiger charge is 2.28. The van der Waals surface area contributed by atoms with E-state index in [0.717, 1.165) is 29.5 Å². The zero-order chi connectivity index (χ0) is 13.8. The van der Waals surface area contributed by atoms with Crippen LogP contribution >= 0.6 is 11.8 Å². The third-order valence-corrected chi connectivity index (χ3v) is 4.31. The number of hydrazine groups is 1. The van der Waals surface area contributed by atoms with Crippen LogP contribution in [0.3, 0.4) is 0 Å². The molecule has 1 fully saturated rings. The average Bonchev–Trinajstić information content (AvgIpc) is 2.99. The number of hydrogen-bond acceptors (Lipinski definition) is 6. The van der Waals surface area contributed by atoms with Crippen molar-refractivity contribution in [1.82, 2.24) is 20.4 Å². The molecule has 106 valence electrons. The van der Waals surface area contributed by atoms with E-state index in [-0.39, 0.29) is 12.1 Å². The van der Waals surface area contributed by atoms with Gasteiger partial charge >= 0.3 is 0 Å². The Morgan fingerprint density at radius 3 is 2.95 bits per heavy atom. The highest BCUT2D eigenvalue weighted by molar-refractivity contribution is 7.99. The number of nitrogens with two attached hydrogens (primary N) is 1. The molecule has 1 aliphatic rings. The van der Waals surface area contributed by atoms with Crippen molar-refractivity contribution in [2.75, 3.05) is 18.1 Å². The molecule has 6 nitrogen and oxygen atoms in total. The van der Waals surface area contributed by atoms with Crippen LogP contribution in [0.5, 0.6) is 0 Å². The van der Waals surface area contributed by atoms with Gasteiger partial charge in [0.15, 0.2) is 0 Å². The monoisotopic (exact) mass is 291 g/mol. The predicted molar refractivity (Wildman–Crippen MR) is 78.5 cm³/mol. The van der Waals surface area contributed by atoms with Crippen LogP contribution in [0.2, 0.25) is 0 Å². The van der Waals surface area contributed by atoms with Crippen LogP contribution in [0.15, 0.2) is 36.5 Å². The van der Waals surface area contributed by atoms with Crippen molar-refractivity contribution in [2.24, 2.45) is 5.84 Å². The summed E-state index contributed by atoms with van der Waals surface area (Å²) < 4.78 is 7.61. The fourth-order valence-electron chi connectivity index (χ4n) is 2.31. The lowest BCUT2D eigenvalue weighted by Gasteiger charge is -2.29. The van der Waals surface area contributed by atoms with Gasteiger partial charge in [0.2, 0.25) is 0 Å². The molecule has 7 heteroatoms. The van der Waals surface area contributed by atoms with E-state index in [4.69, 9.17) is 10.6 Å². The van der Waals surface area contributed by atoms with Crippen LogP contribution in [0.25, 0.3) is 5.69 Å². The van der Waals surface area contributed by atoms with Crippen molar-refractivity contribution in [1.29, 1.82) is 0 Å². The summed E-state index contributed by atoms with van der Waals surface area (Å²) in [6.07, 6.45) is 1.76. The maximum Gasteiger partial charge on any atom is 0.0919 e. The number of nitrogens with one attached hydrogen (secondary N) is 1. The highest BCUT2D eigenvalue weighted by atomic mass is 32.2. The van der Waals surface area contributed by atoms with Crippen molar-refractivity contribution >= 4 is 11.8 Å². The number of thioether (sulfide) groups is 1. The highest BCUT2D eigenvalue weighted by Crippen LogP contribution is 2.25. The number of hydrogen-bond donors (Lipinski definition) is 2. The number of rotatable bonds is 4. The zero-order valence-electron chi connectivity index (χ0n) is 11.0. The van der Waals surface area contributed by atoms with Crippen LogP contribution in [0, 0.1) is 0 Å². The van der Waals surface area contributed by atoms with Gasteiger partial charge in [-0.3, -0.25) is 5.84 Å². The van der Waals surface area contributed by atoms with Crippen molar-refractivity contribution in [3.63, 3.8) is 0 Å². The van der Waals surface area contributed by atoms with Crippen molar-refractivity contribution in [2.45, 2.75) is 12.1 Å². The topological polar surface area (TPSA) is 78.0 Å². The molecule has 2 atom stereocenters. The van der Waals surface area contributed by atoms with Gasteiger partial charge in [-0.25, -0.2) is 10.1 Å². The minimum absolute atomic E-state index is 0.0275. The smallest absolute Gasteiger partial charge is 0.0919 e. The first-order valence-electron chi connectivity index (χ1n) is 6.51. The van der Waals surface area contributed by atoms with Gasteiger partial charge in [-0.1, -0.05) is 23.4 Å². The van der Waals surface area contributed by atoms with E-state index in [1.54, 1.807) is 10.9 Å². The van der Waals surface area contributed by atoms with E-state index in [9.17, 15) is 0 Å². The molecule has 1 aromatic heterocycles. The van der Waals surface area contributed by atoms with E-state index < -0.39 is 0 Å². The van der Waals surface area contributed by atoms with Gasteiger partial charge in [-0.05, 0) is 12.1 Å². The summed E-state index contributed by atoms with van der Waals surface area (Å²) in [5.74, 6) is 7.68. The summed E-state index contributed by atoms with van der Waals surface area (Å²) in [7, 11) is 0. The van der Waals surface area contributed by atoms with E-state index in [1.807, 2.05) is 42.1 Å². The van der Waals surface area contributed by atoms with Crippen LogP contribution in [-0.2, 0) is 4.74 Å².